The van der Waals surface area contributed by atoms with Gasteiger partial charge in [-0.3, -0.25) is 60.7 Å². The first-order valence-corrected chi connectivity index (χ1v) is 12.6. The lowest BCUT2D eigenvalue weighted by Gasteiger charge is -1.97. The van der Waals surface area contributed by atoms with Gasteiger partial charge in [-0.15, -0.1) is 11.3 Å². The molecule has 0 spiro atoms. The third-order valence-electron chi connectivity index (χ3n) is 4.40. The third-order valence-corrected chi connectivity index (χ3v) is 6.15. The standard InChI is InChI=1S/2C6H3N3O7.C6H11N3S2/c2*10-6-4(8(13)14)1-3(7(11)12)2-5(6)9(15)16;7-1-2-10-3-5-4-11-6(8)9-5/h2*1-2,10H;4H,1-3,7H2,(H2,8,9). The van der Waals surface area contributed by atoms with Crippen LogP contribution in [0.2, 0.25) is 0 Å². The number of hydrogen-bond donors (Lipinski definition) is 4. The Balaban J connectivity index is 0.000000329. The van der Waals surface area contributed by atoms with Crippen LogP contribution in [0.3, 0.4) is 0 Å². The van der Waals surface area contributed by atoms with Crippen molar-refractivity contribution >= 4 is 62.4 Å². The largest absolute Gasteiger partial charge is 0.497 e. The summed E-state index contributed by atoms with van der Waals surface area (Å²) in [5.41, 5.74) is 5.85. The molecule has 0 saturated carbocycles. The number of non-ortho nitro benzene ring substituents is 2. The molecule has 3 rings (SSSR count). The molecule has 0 amide bonds. The Hall–Kier alpha value is -5.82. The van der Waals surface area contributed by atoms with Crippen LogP contribution in [-0.4, -0.2) is 57.0 Å². The molecule has 0 aliphatic rings. The summed E-state index contributed by atoms with van der Waals surface area (Å²) in [4.78, 5) is 59.7. The van der Waals surface area contributed by atoms with Gasteiger partial charge in [0.15, 0.2) is 5.13 Å². The van der Waals surface area contributed by atoms with Crippen molar-refractivity contribution in [1.82, 2.24) is 4.98 Å². The van der Waals surface area contributed by atoms with Gasteiger partial charge in [0.05, 0.1) is 59.5 Å². The van der Waals surface area contributed by atoms with Crippen LogP contribution in [0.1, 0.15) is 5.69 Å². The van der Waals surface area contributed by atoms with Gasteiger partial charge in [0.2, 0.25) is 0 Å². The van der Waals surface area contributed by atoms with Gasteiger partial charge in [0.25, 0.3) is 22.9 Å². The minimum absolute atomic E-state index is 0.447. The predicted octanol–water partition coefficient (Wildman–Crippen LogP) is 3.15. The van der Waals surface area contributed by atoms with E-state index >= 15 is 0 Å². The van der Waals surface area contributed by atoms with Gasteiger partial charge < -0.3 is 21.7 Å². The molecular formula is C18H17N9O14S2. The fourth-order valence-corrected chi connectivity index (χ4v) is 3.93. The number of nitro groups is 6. The van der Waals surface area contributed by atoms with E-state index in [-0.39, 0.29) is 0 Å². The fraction of sp³-hybridized carbons (Fsp3) is 0.167. The second-order valence-electron chi connectivity index (χ2n) is 7.23. The van der Waals surface area contributed by atoms with E-state index in [9.17, 15) is 60.7 Å². The van der Waals surface area contributed by atoms with Crippen molar-refractivity contribution in [3.05, 3.63) is 96.0 Å². The summed E-state index contributed by atoms with van der Waals surface area (Å²) in [6.07, 6.45) is 0. The molecule has 0 bridgehead atoms. The summed E-state index contributed by atoms with van der Waals surface area (Å²) < 4.78 is 0. The van der Waals surface area contributed by atoms with Crippen LogP contribution in [0, 0.1) is 60.7 Å². The molecule has 1 aromatic heterocycles. The maximum absolute atomic E-state index is 10.4. The minimum Gasteiger partial charge on any atom is -0.497 e. The number of nitrogens with two attached hydrogens (primary N) is 2. The Kier molecular flexibility index (Phi) is 13.0. The lowest BCUT2D eigenvalue weighted by atomic mass is 10.2. The van der Waals surface area contributed by atoms with E-state index in [0.29, 0.717) is 29.4 Å². The summed E-state index contributed by atoms with van der Waals surface area (Å²) >= 11 is 3.27. The maximum Gasteiger partial charge on any atom is 0.324 e. The molecule has 0 atom stereocenters. The predicted molar refractivity (Wildman–Crippen MR) is 148 cm³/mol. The number of nitrogens with zero attached hydrogens (tertiary/aromatic N) is 7. The molecule has 0 fully saturated rings. The van der Waals surface area contributed by atoms with Crippen molar-refractivity contribution in [3.8, 4) is 11.5 Å². The quantitative estimate of drug-likeness (QED) is 0.139. The average Bonchev–Trinajstić information content (AvgIpc) is 3.33. The monoisotopic (exact) mass is 647 g/mol. The van der Waals surface area contributed by atoms with Gasteiger partial charge in [-0.2, -0.15) is 11.8 Å². The molecule has 1 heterocycles. The van der Waals surface area contributed by atoms with Crippen molar-refractivity contribution in [2.24, 2.45) is 5.73 Å². The van der Waals surface area contributed by atoms with Crippen LogP contribution in [0.5, 0.6) is 11.5 Å². The fourth-order valence-electron chi connectivity index (χ4n) is 2.60. The number of benzene rings is 2. The number of anilines is 1. The Morgan fingerprint density at radius 1 is 0.698 bits per heavy atom. The number of aromatic nitrogens is 1. The number of aromatic hydroxyl groups is 2. The van der Waals surface area contributed by atoms with Gasteiger partial charge in [-0.25, -0.2) is 4.98 Å². The zero-order valence-corrected chi connectivity index (χ0v) is 22.5. The molecule has 2 aromatic carbocycles. The first-order valence-electron chi connectivity index (χ1n) is 10.6. The maximum atomic E-state index is 10.4. The molecule has 0 aliphatic heterocycles. The van der Waals surface area contributed by atoms with Crippen LogP contribution in [0.15, 0.2) is 29.6 Å². The summed E-state index contributed by atoms with van der Waals surface area (Å²) in [6.45, 7) is 0.726. The number of thioether (sulfide) groups is 1. The van der Waals surface area contributed by atoms with E-state index in [1.807, 2.05) is 5.38 Å². The first kappa shape index (κ1) is 35.2. The first-order chi connectivity index (χ1) is 20.0. The van der Waals surface area contributed by atoms with Crippen molar-refractivity contribution in [2.75, 3.05) is 18.0 Å². The van der Waals surface area contributed by atoms with Crippen molar-refractivity contribution in [2.45, 2.75) is 5.75 Å². The Morgan fingerprint density at radius 2 is 1.05 bits per heavy atom. The van der Waals surface area contributed by atoms with E-state index in [4.69, 9.17) is 21.7 Å². The SMILES string of the molecule is NCCSCc1csc(N)n1.O=[N+]([O-])c1cc([N+](=O)[O-])c(O)c([N+](=O)[O-])c1.O=[N+]([O-])c1cc([N+](=O)[O-])c(O)c([N+](=O)[O-])c1. The van der Waals surface area contributed by atoms with Gasteiger partial charge in [-0.1, -0.05) is 0 Å². The van der Waals surface area contributed by atoms with Crippen molar-refractivity contribution in [3.63, 3.8) is 0 Å². The van der Waals surface area contributed by atoms with Crippen LogP contribution >= 0.6 is 23.1 Å². The molecule has 43 heavy (non-hydrogen) atoms. The zero-order valence-electron chi connectivity index (χ0n) is 20.9. The van der Waals surface area contributed by atoms with Crippen LogP contribution in [0.4, 0.5) is 39.3 Å². The number of nitro benzene ring substituents is 6. The lowest BCUT2D eigenvalue weighted by molar-refractivity contribution is -0.404. The molecule has 230 valence electrons. The summed E-state index contributed by atoms with van der Waals surface area (Å²) in [6, 6.07) is 1.79. The van der Waals surface area contributed by atoms with Crippen molar-refractivity contribution < 1.29 is 39.8 Å². The van der Waals surface area contributed by atoms with E-state index in [0.717, 1.165) is 23.7 Å². The van der Waals surface area contributed by atoms with Gasteiger partial charge in [0.1, 0.15) is 0 Å². The van der Waals surface area contributed by atoms with Crippen molar-refractivity contribution in [1.29, 1.82) is 0 Å². The number of nitrogen functional groups attached to an aromatic ring is 1. The normalized spacial score (nSPS) is 9.88. The van der Waals surface area contributed by atoms with E-state index in [1.165, 1.54) is 11.3 Å². The lowest BCUT2D eigenvalue weighted by Crippen LogP contribution is -2.01. The van der Waals surface area contributed by atoms with Gasteiger partial charge >= 0.3 is 22.7 Å². The highest BCUT2D eigenvalue weighted by Gasteiger charge is 2.31. The molecule has 3 aromatic rings. The molecule has 0 aliphatic carbocycles. The van der Waals surface area contributed by atoms with Crippen LogP contribution in [-0.2, 0) is 5.75 Å². The smallest absolute Gasteiger partial charge is 0.324 e. The van der Waals surface area contributed by atoms with E-state index < -0.39 is 75.2 Å². The Morgan fingerprint density at radius 3 is 1.28 bits per heavy atom. The Bertz CT molecular complexity index is 1400. The summed E-state index contributed by atoms with van der Waals surface area (Å²) in [7, 11) is 0. The molecule has 6 N–H and O–H groups in total. The summed E-state index contributed by atoms with van der Waals surface area (Å²) in [5, 5.41) is 83.1. The molecule has 0 unspecified atom stereocenters. The number of thiazole rings is 1. The molecular weight excluding hydrogens is 630 g/mol. The van der Waals surface area contributed by atoms with Crippen LogP contribution < -0.4 is 11.5 Å². The topological polar surface area (TPSA) is 364 Å². The second kappa shape index (κ2) is 15.8. The number of phenolic OH excluding ortho intramolecular Hbond substituents is 2. The van der Waals surface area contributed by atoms with Crippen LogP contribution in [0.25, 0.3) is 0 Å². The highest BCUT2D eigenvalue weighted by atomic mass is 32.2. The minimum atomic E-state index is -1.21. The molecule has 0 radical (unpaired) electrons. The van der Waals surface area contributed by atoms with Gasteiger partial charge in [-0.05, 0) is 0 Å². The van der Waals surface area contributed by atoms with E-state index in [1.54, 1.807) is 11.8 Å². The van der Waals surface area contributed by atoms with E-state index in [2.05, 4.69) is 4.98 Å². The molecule has 0 saturated heterocycles. The highest BCUT2D eigenvalue weighted by molar-refractivity contribution is 7.98. The zero-order chi connectivity index (χ0) is 33.0. The molecule has 25 heteroatoms. The summed E-state index contributed by atoms with van der Waals surface area (Å²) in [5.74, 6) is -0.510. The molecule has 23 nitrogen and oxygen atoms in total. The highest BCUT2D eigenvalue weighted by Crippen LogP contribution is 2.40. The second-order valence-corrected chi connectivity index (χ2v) is 9.22. The van der Waals surface area contributed by atoms with Gasteiger partial charge in [0, 0.05) is 23.4 Å². The third kappa shape index (κ3) is 10.3. The average molecular weight is 648 g/mol. The number of phenols is 2. The Labute approximate surface area is 244 Å². The number of rotatable bonds is 10. The number of hydrogen-bond acceptors (Lipinski definition) is 19.